The molecule has 1 aromatic rings. The summed E-state index contributed by atoms with van der Waals surface area (Å²) in [6.45, 7) is 2.87. The van der Waals surface area contributed by atoms with E-state index in [0.717, 1.165) is 25.5 Å². The summed E-state index contributed by atoms with van der Waals surface area (Å²) in [4.78, 5) is 10.2. The van der Waals surface area contributed by atoms with Crippen LogP contribution in [0.5, 0.6) is 5.75 Å². The van der Waals surface area contributed by atoms with Crippen LogP contribution in [0.4, 0.5) is 10.1 Å². The molecule has 2 rings (SSSR count). The molecule has 0 bridgehead atoms. The van der Waals surface area contributed by atoms with Crippen molar-refractivity contribution >= 4 is 5.69 Å². The van der Waals surface area contributed by atoms with Gasteiger partial charge >= 0.3 is 5.69 Å². The molecule has 1 aliphatic heterocycles. The van der Waals surface area contributed by atoms with Crippen LogP contribution in [0.1, 0.15) is 18.4 Å². The second-order valence-corrected chi connectivity index (χ2v) is 4.43. The van der Waals surface area contributed by atoms with Crippen LogP contribution < -0.4 is 10.1 Å². The molecule has 5 nitrogen and oxygen atoms in total. The van der Waals surface area contributed by atoms with Crippen molar-refractivity contribution in [2.45, 2.75) is 25.8 Å². The Morgan fingerprint density at radius 1 is 1.61 bits per heavy atom. The number of aryl methyl sites for hydroxylation is 1. The van der Waals surface area contributed by atoms with Gasteiger partial charge in [-0.15, -0.1) is 0 Å². The van der Waals surface area contributed by atoms with Crippen LogP contribution in [0.3, 0.4) is 0 Å². The van der Waals surface area contributed by atoms with Crippen molar-refractivity contribution in [2.24, 2.45) is 0 Å². The molecule has 1 heterocycles. The Balaban J connectivity index is 2.14. The van der Waals surface area contributed by atoms with Gasteiger partial charge in [-0.1, -0.05) is 0 Å². The SMILES string of the molecule is Cc1cc(OCC2CCCN2)c([N+](=O)[O-])cc1F. The van der Waals surface area contributed by atoms with Gasteiger partial charge in [0.1, 0.15) is 12.4 Å². The molecule has 98 valence electrons. The van der Waals surface area contributed by atoms with E-state index in [4.69, 9.17) is 4.74 Å². The van der Waals surface area contributed by atoms with Gasteiger partial charge in [0.15, 0.2) is 5.75 Å². The average molecular weight is 254 g/mol. The number of halogens is 1. The maximum absolute atomic E-state index is 13.3. The summed E-state index contributed by atoms with van der Waals surface area (Å²) in [7, 11) is 0. The van der Waals surface area contributed by atoms with Gasteiger partial charge < -0.3 is 10.1 Å². The Morgan fingerprint density at radius 3 is 3.00 bits per heavy atom. The summed E-state index contributed by atoms with van der Waals surface area (Å²) in [5, 5.41) is 14.1. The van der Waals surface area contributed by atoms with Crippen molar-refractivity contribution in [1.82, 2.24) is 5.32 Å². The summed E-state index contributed by atoms with van der Waals surface area (Å²) in [6.07, 6.45) is 2.08. The maximum atomic E-state index is 13.3. The van der Waals surface area contributed by atoms with E-state index in [9.17, 15) is 14.5 Å². The fourth-order valence-electron chi connectivity index (χ4n) is 1.99. The first-order valence-corrected chi connectivity index (χ1v) is 5.88. The number of rotatable bonds is 4. The molecule has 1 N–H and O–H groups in total. The largest absolute Gasteiger partial charge is 0.485 e. The van der Waals surface area contributed by atoms with Gasteiger partial charge in [-0.05, 0) is 37.9 Å². The quantitative estimate of drug-likeness (QED) is 0.660. The molecule has 1 fully saturated rings. The van der Waals surface area contributed by atoms with E-state index < -0.39 is 10.7 Å². The first-order chi connectivity index (χ1) is 8.58. The molecule has 1 aliphatic rings. The highest BCUT2D eigenvalue weighted by Gasteiger charge is 2.21. The van der Waals surface area contributed by atoms with Crippen molar-refractivity contribution in [1.29, 1.82) is 0 Å². The number of benzene rings is 1. The normalized spacial score (nSPS) is 18.9. The fourth-order valence-corrected chi connectivity index (χ4v) is 1.99. The average Bonchev–Trinajstić information content (AvgIpc) is 2.83. The van der Waals surface area contributed by atoms with Crippen LogP contribution in [0.25, 0.3) is 0 Å². The zero-order valence-corrected chi connectivity index (χ0v) is 10.1. The number of hydrogen-bond acceptors (Lipinski definition) is 4. The van der Waals surface area contributed by atoms with E-state index in [1.807, 2.05) is 0 Å². The molecule has 1 unspecified atom stereocenters. The number of hydrogen-bond donors (Lipinski definition) is 1. The molecule has 0 aliphatic carbocycles. The molecule has 0 saturated carbocycles. The molecular formula is C12H15FN2O3. The van der Waals surface area contributed by atoms with E-state index >= 15 is 0 Å². The Hall–Kier alpha value is -1.69. The second kappa shape index (κ2) is 5.30. The Bertz CT molecular complexity index is 459. The fraction of sp³-hybridized carbons (Fsp3) is 0.500. The van der Waals surface area contributed by atoms with Gasteiger partial charge in [0.25, 0.3) is 0 Å². The number of ether oxygens (including phenoxy) is 1. The Morgan fingerprint density at radius 2 is 2.39 bits per heavy atom. The van der Waals surface area contributed by atoms with E-state index in [-0.39, 0.29) is 17.5 Å². The predicted octanol–water partition coefficient (Wildman–Crippen LogP) is 2.17. The first-order valence-electron chi connectivity index (χ1n) is 5.88. The summed E-state index contributed by atoms with van der Waals surface area (Å²) in [6, 6.07) is 2.50. The zero-order chi connectivity index (χ0) is 13.1. The molecule has 18 heavy (non-hydrogen) atoms. The highest BCUT2D eigenvalue weighted by atomic mass is 19.1. The third-order valence-electron chi connectivity index (χ3n) is 3.04. The molecule has 1 atom stereocenters. The Kier molecular flexibility index (Phi) is 3.76. The van der Waals surface area contributed by atoms with Gasteiger partial charge in [-0.25, -0.2) is 4.39 Å². The standard InChI is InChI=1S/C12H15FN2O3/c1-8-5-12(11(15(16)17)6-10(8)13)18-7-9-3-2-4-14-9/h5-6,9,14H,2-4,7H2,1H3. The van der Waals surface area contributed by atoms with E-state index in [2.05, 4.69) is 5.32 Å². The first kappa shape index (κ1) is 12.8. The maximum Gasteiger partial charge on any atom is 0.313 e. The lowest BCUT2D eigenvalue weighted by molar-refractivity contribution is -0.386. The van der Waals surface area contributed by atoms with Crippen LogP contribution in [0.15, 0.2) is 12.1 Å². The van der Waals surface area contributed by atoms with Gasteiger partial charge in [0.2, 0.25) is 0 Å². The van der Waals surface area contributed by atoms with Gasteiger partial charge in [0, 0.05) is 6.04 Å². The molecule has 0 spiro atoms. The lowest BCUT2D eigenvalue weighted by atomic mass is 10.2. The molecule has 1 saturated heterocycles. The molecule has 0 amide bonds. The molecule has 0 radical (unpaired) electrons. The minimum Gasteiger partial charge on any atom is -0.485 e. The monoisotopic (exact) mass is 254 g/mol. The summed E-state index contributed by atoms with van der Waals surface area (Å²) < 4.78 is 18.7. The van der Waals surface area contributed by atoms with Crippen molar-refractivity contribution in [3.63, 3.8) is 0 Å². The van der Waals surface area contributed by atoms with Crippen LogP contribution >= 0.6 is 0 Å². The zero-order valence-electron chi connectivity index (χ0n) is 10.1. The second-order valence-electron chi connectivity index (χ2n) is 4.43. The van der Waals surface area contributed by atoms with E-state index in [1.165, 1.54) is 6.07 Å². The van der Waals surface area contributed by atoms with Crippen molar-refractivity contribution in [3.8, 4) is 5.75 Å². The summed E-state index contributed by atoms with van der Waals surface area (Å²) >= 11 is 0. The van der Waals surface area contributed by atoms with Crippen LogP contribution in [0, 0.1) is 22.9 Å². The summed E-state index contributed by atoms with van der Waals surface area (Å²) in [5.41, 5.74) is 0.0195. The number of nitro groups is 1. The Labute approximate surface area is 104 Å². The van der Waals surface area contributed by atoms with E-state index in [0.29, 0.717) is 12.2 Å². The molecular weight excluding hydrogens is 239 g/mol. The van der Waals surface area contributed by atoms with Crippen LogP contribution in [-0.4, -0.2) is 24.1 Å². The highest BCUT2D eigenvalue weighted by molar-refractivity contribution is 5.48. The predicted molar refractivity (Wildman–Crippen MR) is 64.3 cm³/mol. The lowest BCUT2D eigenvalue weighted by Gasteiger charge is -2.12. The summed E-state index contributed by atoms with van der Waals surface area (Å²) in [5.74, 6) is -0.458. The van der Waals surface area contributed by atoms with Gasteiger partial charge in [-0.2, -0.15) is 0 Å². The topological polar surface area (TPSA) is 64.4 Å². The minimum atomic E-state index is -0.625. The van der Waals surface area contributed by atoms with Crippen molar-refractivity contribution in [3.05, 3.63) is 33.6 Å². The smallest absolute Gasteiger partial charge is 0.313 e. The lowest BCUT2D eigenvalue weighted by Crippen LogP contribution is -2.28. The third-order valence-corrected chi connectivity index (χ3v) is 3.04. The van der Waals surface area contributed by atoms with E-state index in [1.54, 1.807) is 6.92 Å². The van der Waals surface area contributed by atoms with Gasteiger partial charge in [-0.3, -0.25) is 10.1 Å². The molecule has 1 aromatic carbocycles. The number of nitrogens with one attached hydrogen (secondary N) is 1. The van der Waals surface area contributed by atoms with Crippen LogP contribution in [-0.2, 0) is 0 Å². The van der Waals surface area contributed by atoms with Crippen molar-refractivity contribution < 1.29 is 14.1 Å². The molecule has 6 heteroatoms. The van der Waals surface area contributed by atoms with Crippen molar-refractivity contribution in [2.75, 3.05) is 13.2 Å². The third kappa shape index (κ3) is 2.76. The van der Waals surface area contributed by atoms with Crippen LogP contribution in [0.2, 0.25) is 0 Å². The van der Waals surface area contributed by atoms with Gasteiger partial charge in [0.05, 0.1) is 11.0 Å². The number of nitrogens with zero attached hydrogens (tertiary/aromatic N) is 1. The molecule has 0 aromatic heterocycles. The minimum absolute atomic E-state index is 0.132. The number of nitro benzene ring substituents is 1. The highest BCUT2D eigenvalue weighted by Crippen LogP contribution is 2.30.